The van der Waals surface area contributed by atoms with Crippen molar-refractivity contribution in [1.29, 1.82) is 0 Å². The van der Waals surface area contributed by atoms with Crippen LogP contribution in [0.3, 0.4) is 0 Å². The third kappa shape index (κ3) is 3.63. The number of carbonyl (C=O) groups excluding carboxylic acids is 2. The van der Waals surface area contributed by atoms with E-state index in [9.17, 15) is 9.59 Å². The average Bonchev–Trinajstić information content (AvgIpc) is 2.79. The minimum absolute atomic E-state index is 0.0324. The van der Waals surface area contributed by atoms with Gasteiger partial charge in [-0.2, -0.15) is 0 Å². The van der Waals surface area contributed by atoms with Crippen molar-refractivity contribution in [2.75, 3.05) is 11.4 Å². The maximum absolute atomic E-state index is 12.3. The van der Waals surface area contributed by atoms with Crippen molar-refractivity contribution in [2.45, 2.75) is 46.1 Å². The fraction of sp³-hybridized carbons (Fsp3) is 0.529. The number of nitrogens with zero attached hydrogens (tertiary/aromatic N) is 1. The van der Waals surface area contributed by atoms with Crippen molar-refractivity contribution < 1.29 is 9.59 Å². The van der Waals surface area contributed by atoms with E-state index in [1.165, 1.54) is 0 Å². The normalized spacial score (nSPS) is 19.0. The number of para-hydroxylation sites is 1. The standard InChI is InChI=1S/C17H24N2O2/c1-5-12-8-6-7-9-14(12)19-11-13(10-15(19)20)16(21)18-17(2,3)4/h6-9,13H,5,10-11H2,1-4H3,(H,18,21)/t13-/m1/s1. The Morgan fingerprint density at radius 3 is 2.62 bits per heavy atom. The largest absolute Gasteiger partial charge is 0.351 e. The van der Waals surface area contributed by atoms with Crippen molar-refractivity contribution in [2.24, 2.45) is 5.92 Å². The minimum Gasteiger partial charge on any atom is -0.351 e. The number of aryl methyl sites for hydroxylation is 1. The van der Waals surface area contributed by atoms with Gasteiger partial charge in [0.25, 0.3) is 0 Å². The molecular weight excluding hydrogens is 264 g/mol. The molecule has 114 valence electrons. The Hall–Kier alpha value is -1.84. The first-order chi connectivity index (χ1) is 9.81. The summed E-state index contributed by atoms with van der Waals surface area (Å²) in [4.78, 5) is 26.3. The van der Waals surface area contributed by atoms with Crippen LogP contribution in [0, 0.1) is 5.92 Å². The number of amides is 2. The van der Waals surface area contributed by atoms with Crippen molar-refractivity contribution in [1.82, 2.24) is 5.32 Å². The molecule has 1 saturated heterocycles. The van der Waals surface area contributed by atoms with Crippen molar-refractivity contribution in [3.8, 4) is 0 Å². The van der Waals surface area contributed by atoms with Gasteiger partial charge in [-0.1, -0.05) is 25.1 Å². The average molecular weight is 288 g/mol. The first-order valence-corrected chi connectivity index (χ1v) is 7.52. The van der Waals surface area contributed by atoms with Crippen LogP contribution >= 0.6 is 0 Å². The van der Waals surface area contributed by atoms with Gasteiger partial charge in [-0.05, 0) is 38.8 Å². The fourth-order valence-corrected chi connectivity index (χ4v) is 2.66. The molecule has 0 bridgehead atoms. The molecule has 1 aliphatic heterocycles. The fourth-order valence-electron chi connectivity index (χ4n) is 2.66. The summed E-state index contributed by atoms with van der Waals surface area (Å²) < 4.78 is 0. The van der Waals surface area contributed by atoms with E-state index in [-0.39, 0.29) is 23.3 Å². The molecule has 1 fully saturated rings. The molecular formula is C17H24N2O2. The highest BCUT2D eigenvalue weighted by atomic mass is 16.2. The van der Waals surface area contributed by atoms with E-state index in [1.54, 1.807) is 4.90 Å². The molecule has 2 rings (SSSR count). The van der Waals surface area contributed by atoms with Gasteiger partial charge in [0.1, 0.15) is 0 Å². The quantitative estimate of drug-likeness (QED) is 0.929. The number of rotatable bonds is 3. The second-order valence-corrected chi connectivity index (χ2v) is 6.63. The van der Waals surface area contributed by atoms with E-state index in [0.717, 1.165) is 17.7 Å². The SMILES string of the molecule is CCc1ccccc1N1C[C@H](C(=O)NC(C)(C)C)CC1=O. The Morgan fingerprint density at radius 2 is 2.00 bits per heavy atom. The number of hydrogen-bond acceptors (Lipinski definition) is 2. The monoisotopic (exact) mass is 288 g/mol. The van der Waals surface area contributed by atoms with Crippen molar-refractivity contribution in [3.63, 3.8) is 0 Å². The van der Waals surface area contributed by atoms with Gasteiger partial charge in [0.2, 0.25) is 11.8 Å². The van der Waals surface area contributed by atoms with Gasteiger partial charge in [-0.25, -0.2) is 0 Å². The Morgan fingerprint density at radius 1 is 1.33 bits per heavy atom. The zero-order valence-electron chi connectivity index (χ0n) is 13.3. The van der Waals surface area contributed by atoms with Crippen molar-refractivity contribution >= 4 is 17.5 Å². The van der Waals surface area contributed by atoms with Gasteiger partial charge in [0.15, 0.2) is 0 Å². The van der Waals surface area contributed by atoms with E-state index >= 15 is 0 Å². The summed E-state index contributed by atoms with van der Waals surface area (Å²) in [6, 6.07) is 7.91. The lowest BCUT2D eigenvalue weighted by molar-refractivity contribution is -0.127. The lowest BCUT2D eigenvalue weighted by Gasteiger charge is -2.23. The smallest absolute Gasteiger partial charge is 0.227 e. The zero-order valence-corrected chi connectivity index (χ0v) is 13.3. The first kappa shape index (κ1) is 15.5. The molecule has 1 atom stereocenters. The van der Waals surface area contributed by atoms with Crippen LogP contribution in [0.1, 0.15) is 39.7 Å². The summed E-state index contributed by atoms with van der Waals surface area (Å²) in [5.74, 6) is -0.265. The molecule has 1 N–H and O–H groups in total. The number of hydrogen-bond donors (Lipinski definition) is 1. The molecule has 1 aliphatic rings. The molecule has 1 aromatic rings. The van der Waals surface area contributed by atoms with Crippen LogP contribution in [0.15, 0.2) is 24.3 Å². The van der Waals surface area contributed by atoms with Crippen LogP contribution < -0.4 is 10.2 Å². The minimum atomic E-state index is -0.269. The summed E-state index contributed by atoms with van der Waals surface area (Å²) in [5.41, 5.74) is 1.81. The molecule has 0 spiro atoms. The van der Waals surface area contributed by atoms with Crippen LogP contribution in [-0.2, 0) is 16.0 Å². The van der Waals surface area contributed by atoms with Crippen LogP contribution in [0.5, 0.6) is 0 Å². The Balaban J connectivity index is 2.15. The number of nitrogens with one attached hydrogen (secondary N) is 1. The van der Waals surface area contributed by atoms with E-state index in [0.29, 0.717) is 13.0 Å². The highest BCUT2D eigenvalue weighted by Gasteiger charge is 2.36. The molecule has 0 aromatic heterocycles. The zero-order chi connectivity index (χ0) is 15.6. The molecule has 0 radical (unpaired) electrons. The second-order valence-electron chi connectivity index (χ2n) is 6.63. The molecule has 4 nitrogen and oxygen atoms in total. The van der Waals surface area contributed by atoms with Gasteiger partial charge in [-0.15, -0.1) is 0 Å². The lowest BCUT2D eigenvalue weighted by atomic mass is 10.0. The van der Waals surface area contributed by atoms with Crippen molar-refractivity contribution in [3.05, 3.63) is 29.8 Å². The number of carbonyl (C=O) groups is 2. The first-order valence-electron chi connectivity index (χ1n) is 7.52. The molecule has 0 aliphatic carbocycles. The molecule has 1 aromatic carbocycles. The molecule has 21 heavy (non-hydrogen) atoms. The predicted molar refractivity (Wildman–Crippen MR) is 84.2 cm³/mol. The summed E-state index contributed by atoms with van der Waals surface area (Å²) in [7, 11) is 0. The van der Waals surface area contributed by atoms with E-state index in [1.807, 2.05) is 45.0 Å². The highest BCUT2D eigenvalue weighted by molar-refractivity contribution is 6.00. The topological polar surface area (TPSA) is 49.4 Å². The van der Waals surface area contributed by atoms with Crippen LogP contribution in [-0.4, -0.2) is 23.9 Å². The summed E-state index contributed by atoms with van der Waals surface area (Å²) >= 11 is 0. The summed E-state index contributed by atoms with van der Waals surface area (Å²) in [5, 5.41) is 2.96. The molecule has 4 heteroatoms. The van der Waals surface area contributed by atoms with Crippen LogP contribution in [0.25, 0.3) is 0 Å². The van der Waals surface area contributed by atoms with Gasteiger partial charge in [0.05, 0.1) is 5.92 Å². The third-order valence-corrected chi connectivity index (χ3v) is 3.66. The number of anilines is 1. The summed E-state index contributed by atoms with van der Waals surface area (Å²) in [6.07, 6.45) is 1.17. The Labute approximate surface area is 126 Å². The maximum atomic E-state index is 12.3. The van der Waals surface area contributed by atoms with Gasteiger partial charge in [-0.3, -0.25) is 9.59 Å². The lowest BCUT2D eigenvalue weighted by Crippen LogP contribution is -2.44. The summed E-state index contributed by atoms with van der Waals surface area (Å²) in [6.45, 7) is 8.39. The predicted octanol–water partition coefficient (Wildman–Crippen LogP) is 2.52. The highest BCUT2D eigenvalue weighted by Crippen LogP contribution is 2.28. The van der Waals surface area contributed by atoms with E-state index in [2.05, 4.69) is 12.2 Å². The molecule has 0 saturated carbocycles. The van der Waals surface area contributed by atoms with Gasteiger partial charge >= 0.3 is 0 Å². The van der Waals surface area contributed by atoms with Gasteiger partial charge < -0.3 is 10.2 Å². The van der Waals surface area contributed by atoms with E-state index < -0.39 is 0 Å². The molecule has 1 heterocycles. The van der Waals surface area contributed by atoms with Gasteiger partial charge in [0, 0.05) is 24.2 Å². The Kier molecular flexibility index (Phi) is 4.35. The maximum Gasteiger partial charge on any atom is 0.227 e. The van der Waals surface area contributed by atoms with Crippen LogP contribution in [0.4, 0.5) is 5.69 Å². The molecule has 0 unspecified atom stereocenters. The molecule has 2 amide bonds. The third-order valence-electron chi connectivity index (χ3n) is 3.66. The van der Waals surface area contributed by atoms with E-state index in [4.69, 9.17) is 0 Å². The second kappa shape index (κ2) is 5.88. The van der Waals surface area contributed by atoms with Crippen LogP contribution in [0.2, 0.25) is 0 Å². The number of benzene rings is 1. The Bertz CT molecular complexity index is 546.